The normalized spacial score (nSPS) is 22.6. The Labute approximate surface area is 133 Å². The van der Waals surface area contributed by atoms with E-state index in [0.717, 1.165) is 11.6 Å². The van der Waals surface area contributed by atoms with Crippen LogP contribution >= 0.6 is 11.6 Å². The third-order valence-electron chi connectivity index (χ3n) is 5.20. The van der Waals surface area contributed by atoms with Gasteiger partial charge in [0.2, 0.25) is 0 Å². The lowest BCUT2D eigenvalue weighted by atomic mass is 9.69. The molecule has 2 rings (SSSR count). The lowest BCUT2D eigenvalue weighted by Crippen LogP contribution is -2.32. The second kappa shape index (κ2) is 6.71. The van der Waals surface area contributed by atoms with Crippen LogP contribution in [0.15, 0.2) is 18.2 Å². The van der Waals surface area contributed by atoms with Crippen molar-refractivity contribution in [2.45, 2.75) is 58.9 Å². The molecule has 114 valence electrons. The molecular weight excluding hydrogens is 280 g/mol. The summed E-state index contributed by atoms with van der Waals surface area (Å²) in [6.45, 7) is 7.08. The number of nitrogens with zero attached hydrogens (tertiary/aromatic N) is 1. The summed E-state index contributed by atoms with van der Waals surface area (Å²) in [5, 5.41) is 13.0. The largest absolute Gasteiger partial charge is 0.382 e. The third-order valence-corrected chi connectivity index (χ3v) is 5.52. The summed E-state index contributed by atoms with van der Waals surface area (Å²) in [6.07, 6.45) is 6.27. The Balaban J connectivity index is 1.92. The van der Waals surface area contributed by atoms with E-state index in [0.29, 0.717) is 22.0 Å². The number of hydrogen-bond donors (Lipinski definition) is 1. The number of nitriles is 1. The van der Waals surface area contributed by atoms with Crippen molar-refractivity contribution in [1.82, 2.24) is 0 Å². The lowest BCUT2D eigenvalue weighted by Gasteiger charge is -2.39. The van der Waals surface area contributed by atoms with Crippen molar-refractivity contribution in [2.75, 3.05) is 5.32 Å². The fraction of sp³-hybridized carbons (Fsp3) is 0.611. The summed E-state index contributed by atoms with van der Waals surface area (Å²) in [4.78, 5) is 0. The van der Waals surface area contributed by atoms with Gasteiger partial charge in [-0.05, 0) is 55.2 Å². The summed E-state index contributed by atoms with van der Waals surface area (Å²) in [6, 6.07) is 8.22. The van der Waals surface area contributed by atoms with Crippen molar-refractivity contribution in [1.29, 1.82) is 5.26 Å². The number of benzene rings is 1. The predicted octanol–water partition coefficient (Wildman–Crippen LogP) is 5.62. The van der Waals surface area contributed by atoms with E-state index in [1.54, 1.807) is 6.07 Å². The Morgan fingerprint density at radius 1 is 1.29 bits per heavy atom. The van der Waals surface area contributed by atoms with Crippen LogP contribution in [0.4, 0.5) is 5.69 Å². The molecule has 2 nitrogen and oxygen atoms in total. The smallest absolute Gasteiger partial charge is 0.101 e. The standard InChI is InChI=1S/C18H25ClN2/c1-4-18(2,3)14-6-9-15(10-7-14)21-16-8-5-13(12-20)17(19)11-16/h5,8,11,14-15,21H,4,6-7,9-10H2,1-3H3. The zero-order valence-electron chi connectivity index (χ0n) is 13.2. The maximum absolute atomic E-state index is 8.90. The highest BCUT2D eigenvalue weighted by molar-refractivity contribution is 6.32. The van der Waals surface area contributed by atoms with Gasteiger partial charge < -0.3 is 5.32 Å². The Kier molecular flexibility index (Phi) is 5.17. The van der Waals surface area contributed by atoms with Crippen molar-refractivity contribution < 1.29 is 0 Å². The molecule has 1 aliphatic carbocycles. The van der Waals surface area contributed by atoms with Crippen LogP contribution in [0.1, 0.15) is 58.4 Å². The number of nitrogens with one attached hydrogen (secondary N) is 1. The molecule has 0 radical (unpaired) electrons. The number of halogens is 1. The first-order valence-corrected chi connectivity index (χ1v) is 8.30. The third kappa shape index (κ3) is 3.92. The van der Waals surface area contributed by atoms with Crippen molar-refractivity contribution in [2.24, 2.45) is 11.3 Å². The molecule has 0 bridgehead atoms. The van der Waals surface area contributed by atoms with Crippen LogP contribution in [0, 0.1) is 22.7 Å². The molecule has 3 heteroatoms. The van der Waals surface area contributed by atoms with Gasteiger partial charge in [0.1, 0.15) is 6.07 Å². The molecule has 0 heterocycles. The average molecular weight is 305 g/mol. The maximum atomic E-state index is 8.90. The van der Waals surface area contributed by atoms with E-state index in [9.17, 15) is 0 Å². The van der Waals surface area contributed by atoms with Crippen LogP contribution in [0.25, 0.3) is 0 Å². The van der Waals surface area contributed by atoms with Crippen LogP contribution in [-0.4, -0.2) is 6.04 Å². The minimum Gasteiger partial charge on any atom is -0.382 e. The minimum absolute atomic E-state index is 0.461. The Morgan fingerprint density at radius 2 is 1.95 bits per heavy atom. The molecule has 1 saturated carbocycles. The minimum atomic E-state index is 0.461. The van der Waals surface area contributed by atoms with Gasteiger partial charge in [-0.25, -0.2) is 0 Å². The Bertz CT molecular complexity index is 523. The van der Waals surface area contributed by atoms with E-state index >= 15 is 0 Å². The molecule has 1 fully saturated rings. The number of rotatable bonds is 4. The molecular formula is C18H25ClN2. The highest BCUT2D eigenvalue weighted by atomic mass is 35.5. The maximum Gasteiger partial charge on any atom is 0.101 e. The van der Waals surface area contributed by atoms with Gasteiger partial charge in [0, 0.05) is 11.7 Å². The van der Waals surface area contributed by atoms with E-state index in [2.05, 4.69) is 32.2 Å². The van der Waals surface area contributed by atoms with Crippen LogP contribution in [0.3, 0.4) is 0 Å². The first-order chi connectivity index (χ1) is 9.96. The van der Waals surface area contributed by atoms with Crippen LogP contribution in [0.2, 0.25) is 5.02 Å². The molecule has 0 saturated heterocycles. The Hall–Kier alpha value is -1.20. The summed E-state index contributed by atoms with van der Waals surface area (Å²) in [5.74, 6) is 0.838. The quantitative estimate of drug-likeness (QED) is 0.783. The summed E-state index contributed by atoms with van der Waals surface area (Å²) < 4.78 is 0. The fourth-order valence-corrected chi connectivity index (χ4v) is 3.46. The van der Waals surface area contributed by atoms with Crippen molar-refractivity contribution >= 4 is 17.3 Å². The lowest BCUT2D eigenvalue weighted by molar-refractivity contribution is 0.147. The molecule has 0 aliphatic heterocycles. The van der Waals surface area contributed by atoms with Crippen molar-refractivity contribution in [3.05, 3.63) is 28.8 Å². The van der Waals surface area contributed by atoms with Gasteiger partial charge in [-0.1, -0.05) is 38.8 Å². The van der Waals surface area contributed by atoms with Gasteiger partial charge in [-0.15, -0.1) is 0 Å². The highest BCUT2D eigenvalue weighted by Gasteiger charge is 2.31. The summed E-state index contributed by atoms with van der Waals surface area (Å²) in [5.41, 5.74) is 2.02. The van der Waals surface area contributed by atoms with E-state index in [1.807, 2.05) is 12.1 Å². The molecule has 0 aromatic heterocycles. The molecule has 1 N–H and O–H groups in total. The second-order valence-corrected chi connectivity index (χ2v) is 7.25. The van der Waals surface area contributed by atoms with Crippen molar-refractivity contribution in [3.8, 4) is 6.07 Å². The van der Waals surface area contributed by atoms with E-state index in [1.165, 1.54) is 32.1 Å². The van der Waals surface area contributed by atoms with E-state index in [-0.39, 0.29) is 0 Å². The molecule has 0 amide bonds. The molecule has 21 heavy (non-hydrogen) atoms. The van der Waals surface area contributed by atoms with Gasteiger partial charge in [-0.2, -0.15) is 5.26 Å². The summed E-state index contributed by atoms with van der Waals surface area (Å²) in [7, 11) is 0. The van der Waals surface area contributed by atoms with Gasteiger partial charge in [-0.3, -0.25) is 0 Å². The van der Waals surface area contributed by atoms with Crippen LogP contribution in [0.5, 0.6) is 0 Å². The zero-order chi connectivity index (χ0) is 15.5. The number of hydrogen-bond acceptors (Lipinski definition) is 2. The van der Waals surface area contributed by atoms with Gasteiger partial charge in [0.05, 0.1) is 10.6 Å². The molecule has 1 aromatic carbocycles. The van der Waals surface area contributed by atoms with E-state index in [4.69, 9.17) is 16.9 Å². The summed E-state index contributed by atoms with van der Waals surface area (Å²) >= 11 is 6.09. The monoisotopic (exact) mass is 304 g/mol. The van der Waals surface area contributed by atoms with Crippen LogP contribution < -0.4 is 5.32 Å². The molecule has 0 unspecified atom stereocenters. The van der Waals surface area contributed by atoms with Crippen molar-refractivity contribution in [3.63, 3.8) is 0 Å². The predicted molar refractivity (Wildman–Crippen MR) is 89.6 cm³/mol. The van der Waals surface area contributed by atoms with Gasteiger partial charge in [0.15, 0.2) is 0 Å². The zero-order valence-corrected chi connectivity index (χ0v) is 14.0. The molecule has 1 aromatic rings. The first-order valence-electron chi connectivity index (χ1n) is 7.92. The number of anilines is 1. The Morgan fingerprint density at radius 3 is 2.48 bits per heavy atom. The van der Waals surface area contributed by atoms with Gasteiger partial charge in [0.25, 0.3) is 0 Å². The molecule has 0 atom stereocenters. The topological polar surface area (TPSA) is 35.8 Å². The first kappa shape index (κ1) is 16.2. The fourth-order valence-electron chi connectivity index (χ4n) is 3.24. The van der Waals surface area contributed by atoms with E-state index < -0.39 is 0 Å². The molecule has 0 spiro atoms. The average Bonchev–Trinajstić information content (AvgIpc) is 2.48. The molecule has 1 aliphatic rings. The second-order valence-electron chi connectivity index (χ2n) is 6.84. The van der Waals surface area contributed by atoms with Crippen LogP contribution in [-0.2, 0) is 0 Å². The van der Waals surface area contributed by atoms with Gasteiger partial charge >= 0.3 is 0 Å². The SMILES string of the molecule is CCC(C)(C)C1CCC(Nc2ccc(C#N)c(Cl)c2)CC1. The highest BCUT2D eigenvalue weighted by Crippen LogP contribution is 2.41.